The fourth-order valence-electron chi connectivity index (χ4n) is 3.46. The Balaban J connectivity index is 1.55. The second-order valence-corrected chi connectivity index (χ2v) is 7.22. The smallest absolute Gasteiger partial charge is 0.253 e. The van der Waals surface area contributed by atoms with Crippen LogP contribution in [0, 0.1) is 5.82 Å². The molecule has 1 fully saturated rings. The first-order chi connectivity index (χ1) is 13.0. The van der Waals surface area contributed by atoms with Crippen LogP contribution in [-0.4, -0.2) is 48.9 Å². The van der Waals surface area contributed by atoms with Crippen LogP contribution < -0.4 is 4.74 Å². The van der Waals surface area contributed by atoms with E-state index in [4.69, 9.17) is 4.74 Å². The number of carbonyl (C=O) groups excluding carboxylic acids is 1. The largest absolute Gasteiger partial charge is 0.489 e. The van der Waals surface area contributed by atoms with Crippen LogP contribution in [0.3, 0.4) is 0 Å². The fourth-order valence-corrected chi connectivity index (χ4v) is 3.46. The lowest BCUT2D eigenvalue weighted by molar-refractivity contribution is 0.0717. The molecular formula is C22H27FN2O2. The molecule has 0 aromatic heterocycles. The summed E-state index contributed by atoms with van der Waals surface area (Å²) in [6.45, 7) is 2.00. The van der Waals surface area contributed by atoms with E-state index in [-0.39, 0.29) is 18.3 Å². The lowest BCUT2D eigenvalue weighted by Crippen LogP contribution is -2.45. The highest BCUT2D eigenvalue weighted by molar-refractivity contribution is 5.94. The predicted octanol–water partition coefficient (Wildman–Crippen LogP) is 3.96. The molecule has 3 rings (SSSR count). The van der Waals surface area contributed by atoms with Crippen LogP contribution in [0.1, 0.15) is 35.2 Å². The van der Waals surface area contributed by atoms with E-state index in [0.29, 0.717) is 22.9 Å². The number of hydrogen-bond donors (Lipinski definition) is 0. The minimum absolute atomic E-state index is 0.00891. The van der Waals surface area contributed by atoms with Crippen molar-refractivity contribution in [3.63, 3.8) is 0 Å². The number of likely N-dealkylation sites (N-methyl/N-ethyl adjacent to an activating group) is 2. The molecular weight excluding hydrogens is 343 g/mol. The Bertz CT molecular complexity index is 763. The molecule has 0 N–H and O–H groups in total. The molecule has 144 valence electrons. The molecule has 1 amide bonds. The first kappa shape index (κ1) is 19.4. The third-order valence-corrected chi connectivity index (χ3v) is 5.21. The van der Waals surface area contributed by atoms with Gasteiger partial charge in [0, 0.05) is 30.8 Å². The average molecular weight is 370 g/mol. The maximum Gasteiger partial charge on any atom is 0.253 e. The zero-order valence-electron chi connectivity index (χ0n) is 16.0. The van der Waals surface area contributed by atoms with Crippen molar-refractivity contribution < 1.29 is 13.9 Å². The van der Waals surface area contributed by atoms with Crippen LogP contribution in [0.5, 0.6) is 5.75 Å². The minimum atomic E-state index is -0.279. The monoisotopic (exact) mass is 370 g/mol. The number of benzene rings is 2. The van der Waals surface area contributed by atoms with Crippen molar-refractivity contribution in [2.24, 2.45) is 0 Å². The van der Waals surface area contributed by atoms with Crippen molar-refractivity contribution >= 4 is 5.91 Å². The maximum absolute atomic E-state index is 13.6. The molecule has 1 heterocycles. The van der Waals surface area contributed by atoms with Gasteiger partial charge < -0.3 is 14.5 Å². The van der Waals surface area contributed by atoms with Crippen molar-refractivity contribution in [2.45, 2.75) is 31.9 Å². The Morgan fingerprint density at radius 1 is 1.19 bits per heavy atom. The van der Waals surface area contributed by atoms with Gasteiger partial charge in [-0.05, 0) is 56.8 Å². The summed E-state index contributed by atoms with van der Waals surface area (Å²) in [5.74, 6) is 0.345. The fraction of sp³-hybridized carbons (Fsp3) is 0.409. The molecule has 27 heavy (non-hydrogen) atoms. The van der Waals surface area contributed by atoms with Gasteiger partial charge in [-0.15, -0.1) is 0 Å². The summed E-state index contributed by atoms with van der Waals surface area (Å²) >= 11 is 0. The molecule has 2 aromatic carbocycles. The number of piperidine rings is 1. The number of amides is 1. The van der Waals surface area contributed by atoms with Gasteiger partial charge >= 0.3 is 0 Å². The number of carbonyl (C=O) groups is 1. The summed E-state index contributed by atoms with van der Waals surface area (Å²) in [4.78, 5) is 16.8. The van der Waals surface area contributed by atoms with Crippen LogP contribution in [0.4, 0.5) is 4.39 Å². The molecule has 0 spiro atoms. The van der Waals surface area contributed by atoms with E-state index in [0.717, 1.165) is 19.5 Å². The van der Waals surface area contributed by atoms with E-state index in [1.165, 1.54) is 18.9 Å². The summed E-state index contributed by atoms with van der Waals surface area (Å²) in [5.41, 5.74) is 1.14. The van der Waals surface area contributed by atoms with Gasteiger partial charge in [0.1, 0.15) is 18.2 Å². The van der Waals surface area contributed by atoms with Crippen LogP contribution in [0.25, 0.3) is 0 Å². The summed E-state index contributed by atoms with van der Waals surface area (Å²) in [6.07, 6.45) is 3.60. The minimum Gasteiger partial charge on any atom is -0.489 e. The van der Waals surface area contributed by atoms with Gasteiger partial charge in [0.2, 0.25) is 0 Å². The molecule has 1 aliphatic rings. The van der Waals surface area contributed by atoms with Crippen LogP contribution in [0.2, 0.25) is 0 Å². The maximum atomic E-state index is 13.6. The van der Waals surface area contributed by atoms with Crippen molar-refractivity contribution in [3.8, 4) is 5.75 Å². The Morgan fingerprint density at radius 3 is 2.63 bits per heavy atom. The number of halogens is 1. The topological polar surface area (TPSA) is 32.8 Å². The first-order valence-electron chi connectivity index (χ1n) is 9.46. The Morgan fingerprint density at radius 2 is 1.93 bits per heavy atom. The van der Waals surface area contributed by atoms with Gasteiger partial charge in [-0.3, -0.25) is 4.79 Å². The highest BCUT2D eigenvalue weighted by Gasteiger charge is 2.22. The van der Waals surface area contributed by atoms with Crippen molar-refractivity contribution in [1.29, 1.82) is 0 Å². The number of likely N-dealkylation sites (tertiary alicyclic amines) is 1. The molecule has 2 aromatic rings. The normalized spacial score (nSPS) is 17.5. The predicted molar refractivity (Wildman–Crippen MR) is 104 cm³/mol. The Hall–Kier alpha value is -2.40. The molecule has 5 heteroatoms. The molecule has 4 nitrogen and oxygen atoms in total. The summed E-state index contributed by atoms with van der Waals surface area (Å²) < 4.78 is 19.3. The molecule has 1 saturated heterocycles. The van der Waals surface area contributed by atoms with Crippen LogP contribution in [0.15, 0.2) is 48.5 Å². The second kappa shape index (κ2) is 9.00. The SMILES string of the molecule is CN(CC1CCCCN1C)C(=O)c1ccc(OCc2ccccc2F)cc1. The number of hydrogen-bond acceptors (Lipinski definition) is 3. The standard InChI is InChI=1S/C22H27FN2O2/c1-24-14-6-5-8-19(24)15-25(2)22(26)17-10-12-20(13-11-17)27-16-18-7-3-4-9-21(18)23/h3-4,7,9-13,19H,5-6,8,14-16H2,1-2H3. The Labute approximate surface area is 160 Å². The highest BCUT2D eigenvalue weighted by Crippen LogP contribution is 2.19. The van der Waals surface area contributed by atoms with Gasteiger partial charge in [0.25, 0.3) is 5.91 Å². The molecule has 1 atom stereocenters. The van der Waals surface area contributed by atoms with Gasteiger partial charge in [0.15, 0.2) is 0 Å². The zero-order valence-corrected chi connectivity index (χ0v) is 16.0. The van der Waals surface area contributed by atoms with Crippen LogP contribution in [-0.2, 0) is 6.61 Å². The van der Waals surface area contributed by atoms with Crippen molar-refractivity contribution in [2.75, 3.05) is 27.2 Å². The summed E-state index contributed by atoms with van der Waals surface area (Å²) in [5, 5.41) is 0. The molecule has 0 bridgehead atoms. The zero-order chi connectivity index (χ0) is 19.2. The van der Waals surface area contributed by atoms with Crippen LogP contribution >= 0.6 is 0 Å². The van der Waals surface area contributed by atoms with E-state index in [1.807, 2.05) is 7.05 Å². The number of ether oxygens (including phenoxy) is 1. The van der Waals surface area contributed by atoms with E-state index in [1.54, 1.807) is 47.4 Å². The first-order valence-corrected chi connectivity index (χ1v) is 9.46. The number of nitrogens with zero attached hydrogens (tertiary/aromatic N) is 2. The molecule has 0 saturated carbocycles. The second-order valence-electron chi connectivity index (χ2n) is 7.22. The van der Waals surface area contributed by atoms with Crippen molar-refractivity contribution in [1.82, 2.24) is 9.80 Å². The molecule has 1 aliphatic heterocycles. The summed E-state index contributed by atoms with van der Waals surface area (Å²) in [6, 6.07) is 14.0. The lowest BCUT2D eigenvalue weighted by Gasteiger charge is -2.35. The molecule has 1 unspecified atom stereocenters. The Kier molecular flexibility index (Phi) is 6.45. The van der Waals surface area contributed by atoms with Crippen molar-refractivity contribution in [3.05, 3.63) is 65.5 Å². The van der Waals surface area contributed by atoms with E-state index in [9.17, 15) is 9.18 Å². The molecule has 0 aliphatic carbocycles. The van der Waals surface area contributed by atoms with E-state index >= 15 is 0 Å². The third kappa shape index (κ3) is 5.07. The highest BCUT2D eigenvalue weighted by atomic mass is 19.1. The number of rotatable bonds is 6. The summed E-state index contributed by atoms with van der Waals surface area (Å²) in [7, 11) is 3.98. The van der Waals surface area contributed by atoms with E-state index < -0.39 is 0 Å². The molecule has 0 radical (unpaired) electrons. The van der Waals surface area contributed by atoms with Gasteiger partial charge in [-0.2, -0.15) is 0 Å². The van der Waals surface area contributed by atoms with Gasteiger partial charge in [-0.25, -0.2) is 4.39 Å². The quantitative estimate of drug-likeness (QED) is 0.772. The lowest BCUT2D eigenvalue weighted by atomic mass is 10.0. The van der Waals surface area contributed by atoms with Gasteiger partial charge in [0.05, 0.1) is 0 Å². The van der Waals surface area contributed by atoms with Gasteiger partial charge in [-0.1, -0.05) is 24.6 Å². The van der Waals surface area contributed by atoms with E-state index in [2.05, 4.69) is 11.9 Å². The third-order valence-electron chi connectivity index (χ3n) is 5.21. The average Bonchev–Trinajstić information content (AvgIpc) is 2.69.